The van der Waals surface area contributed by atoms with Crippen molar-refractivity contribution in [2.24, 2.45) is 0 Å². The molecule has 1 aromatic rings. The van der Waals surface area contributed by atoms with Gasteiger partial charge in [-0.3, -0.25) is 0 Å². The summed E-state index contributed by atoms with van der Waals surface area (Å²) in [6.07, 6.45) is 0. The zero-order valence-electron chi connectivity index (χ0n) is 10.3. The first kappa shape index (κ1) is 10.3. The third-order valence-corrected chi connectivity index (χ3v) is 3.71. The first-order valence-electron chi connectivity index (χ1n) is 5.61. The van der Waals surface area contributed by atoms with Crippen LogP contribution in [0.2, 0.25) is 0 Å². The number of nitrogens with zero attached hydrogens (tertiary/aromatic N) is 1. The number of nitrogens with one attached hydrogen (secondary N) is 1. The molecule has 1 aromatic carbocycles. The van der Waals surface area contributed by atoms with E-state index in [4.69, 9.17) is 0 Å². The molecule has 2 unspecified atom stereocenters. The lowest BCUT2D eigenvalue weighted by Crippen LogP contribution is -2.45. The molecule has 0 bridgehead atoms. The van der Waals surface area contributed by atoms with Crippen molar-refractivity contribution < 1.29 is 0 Å². The molecule has 0 fully saturated rings. The molecule has 2 rings (SSSR count). The van der Waals surface area contributed by atoms with Crippen LogP contribution in [0.25, 0.3) is 0 Å². The molecule has 2 heteroatoms. The van der Waals surface area contributed by atoms with E-state index in [1.807, 2.05) is 0 Å². The molecule has 0 radical (unpaired) electrons. The summed E-state index contributed by atoms with van der Waals surface area (Å²) in [5.74, 6) is 0. The van der Waals surface area contributed by atoms with Crippen LogP contribution in [0.1, 0.15) is 25.0 Å². The van der Waals surface area contributed by atoms with Gasteiger partial charge in [0.25, 0.3) is 0 Å². The van der Waals surface area contributed by atoms with Crippen molar-refractivity contribution in [3.05, 3.63) is 23.3 Å². The molecule has 0 spiro atoms. The van der Waals surface area contributed by atoms with Crippen molar-refractivity contribution >= 4 is 11.4 Å². The van der Waals surface area contributed by atoms with Gasteiger partial charge in [-0.1, -0.05) is 0 Å². The van der Waals surface area contributed by atoms with Crippen LogP contribution in [0, 0.1) is 13.8 Å². The molecule has 0 saturated carbocycles. The molecule has 2 nitrogen and oxygen atoms in total. The molecule has 0 aliphatic carbocycles. The van der Waals surface area contributed by atoms with Gasteiger partial charge in [-0.15, -0.1) is 0 Å². The SMILES string of the molecule is Cc1cc2c(cc1C)N(C)C(C)C(C)N2. The normalized spacial score (nSPS) is 24.7. The third-order valence-electron chi connectivity index (χ3n) is 3.71. The Morgan fingerprint density at radius 2 is 1.73 bits per heavy atom. The van der Waals surface area contributed by atoms with Gasteiger partial charge in [-0.25, -0.2) is 0 Å². The van der Waals surface area contributed by atoms with E-state index in [1.165, 1.54) is 22.5 Å². The van der Waals surface area contributed by atoms with Gasteiger partial charge in [0.05, 0.1) is 11.4 Å². The first-order chi connectivity index (χ1) is 7.00. The zero-order chi connectivity index (χ0) is 11.2. The molecule has 15 heavy (non-hydrogen) atoms. The van der Waals surface area contributed by atoms with Crippen LogP contribution >= 0.6 is 0 Å². The minimum absolute atomic E-state index is 0.504. The van der Waals surface area contributed by atoms with Gasteiger partial charge in [0.15, 0.2) is 0 Å². The predicted molar refractivity (Wildman–Crippen MR) is 66.9 cm³/mol. The van der Waals surface area contributed by atoms with E-state index in [2.05, 4.69) is 57.1 Å². The van der Waals surface area contributed by atoms with Gasteiger partial charge in [-0.2, -0.15) is 0 Å². The van der Waals surface area contributed by atoms with E-state index < -0.39 is 0 Å². The van der Waals surface area contributed by atoms with E-state index in [-0.39, 0.29) is 0 Å². The van der Waals surface area contributed by atoms with Crippen molar-refractivity contribution in [3.63, 3.8) is 0 Å². The maximum absolute atomic E-state index is 3.57. The average Bonchev–Trinajstić information content (AvgIpc) is 2.19. The van der Waals surface area contributed by atoms with Gasteiger partial charge < -0.3 is 10.2 Å². The highest BCUT2D eigenvalue weighted by Crippen LogP contribution is 2.34. The summed E-state index contributed by atoms with van der Waals surface area (Å²) in [4.78, 5) is 2.36. The van der Waals surface area contributed by atoms with Gasteiger partial charge in [-0.05, 0) is 51.0 Å². The average molecular weight is 204 g/mol. The fraction of sp³-hybridized carbons (Fsp3) is 0.538. The van der Waals surface area contributed by atoms with Crippen LogP contribution in [-0.4, -0.2) is 19.1 Å². The Morgan fingerprint density at radius 3 is 2.40 bits per heavy atom. The molecule has 1 aliphatic heterocycles. The smallest absolute Gasteiger partial charge is 0.0605 e. The number of rotatable bonds is 0. The number of hydrogen-bond acceptors (Lipinski definition) is 2. The van der Waals surface area contributed by atoms with Crippen molar-refractivity contribution in [1.29, 1.82) is 0 Å². The highest BCUT2D eigenvalue weighted by molar-refractivity contribution is 5.75. The Kier molecular flexibility index (Phi) is 2.37. The number of likely N-dealkylation sites (N-methyl/N-ethyl adjacent to an activating group) is 1. The molecule has 1 aliphatic rings. The van der Waals surface area contributed by atoms with Crippen LogP contribution < -0.4 is 10.2 Å². The number of anilines is 2. The van der Waals surface area contributed by atoms with Crippen LogP contribution in [0.3, 0.4) is 0 Å². The minimum Gasteiger partial charge on any atom is -0.379 e. The summed E-state index contributed by atoms with van der Waals surface area (Å²) in [6, 6.07) is 5.58. The van der Waals surface area contributed by atoms with Crippen LogP contribution in [0.5, 0.6) is 0 Å². The Bertz CT molecular complexity index is 384. The molecule has 1 heterocycles. The quantitative estimate of drug-likeness (QED) is 0.699. The lowest BCUT2D eigenvalue weighted by Gasteiger charge is -2.39. The van der Waals surface area contributed by atoms with E-state index in [1.54, 1.807) is 0 Å². The lowest BCUT2D eigenvalue weighted by molar-refractivity contribution is 0.587. The zero-order valence-corrected chi connectivity index (χ0v) is 10.3. The number of aryl methyl sites for hydroxylation is 2. The fourth-order valence-corrected chi connectivity index (χ4v) is 2.13. The second-order valence-electron chi connectivity index (χ2n) is 4.74. The van der Waals surface area contributed by atoms with E-state index in [0.29, 0.717) is 12.1 Å². The highest BCUT2D eigenvalue weighted by atomic mass is 15.2. The molecule has 0 aromatic heterocycles. The second kappa shape index (κ2) is 3.44. The van der Waals surface area contributed by atoms with Crippen molar-refractivity contribution in [1.82, 2.24) is 0 Å². The van der Waals surface area contributed by atoms with Crippen molar-refractivity contribution in [3.8, 4) is 0 Å². The summed E-state index contributed by atoms with van der Waals surface area (Å²) in [5, 5.41) is 3.57. The second-order valence-corrected chi connectivity index (χ2v) is 4.74. The summed E-state index contributed by atoms with van der Waals surface area (Å²) < 4.78 is 0. The van der Waals surface area contributed by atoms with Crippen LogP contribution in [-0.2, 0) is 0 Å². The topological polar surface area (TPSA) is 15.3 Å². The van der Waals surface area contributed by atoms with E-state index >= 15 is 0 Å². The Hall–Kier alpha value is -1.18. The fourth-order valence-electron chi connectivity index (χ4n) is 2.13. The number of fused-ring (bicyclic) bond motifs is 1. The van der Waals surface area contributed by atoms with Gasteiger partial charge in [0.2, 0.25) is 0 Å². The van der Waals surface area contributed by atoms with Crippen molar-refractivity contribution in [2.45, 2.75) is 39.8 Å². The molecule has 0 saturated heterocycles. The van der Waals surface area contributed by atoms with Crippen LogP contribution in [0.15, 0.2) is 12.1 Å². The number of hydrogen-bond donors (Lipinski definition) is 1. The predicted octanol–water partition coefficient (Wildman–Crippen LogP) is 2.94. The molecule has 2 atom stereocenters. The maximum Gasteiger partial charge on any atom is 0.0605 e. The Morgan fingerprint density at radius 1 is 1.13 bits per heavy atom. The third kappa shape index (κ3) is 1.58. The van der Waals surface area contributed by atoms with Crippen molar-refractivity contribution in [2.75, 3.05) is 17.3 Å². The molecular weight excluding hydrogens is 184 g/mol. The molecule has 1 N–H and O–H groups in total. The maximum atomic E-state index is 3.57. The van der Waals surface area contributed by atoms with E-state index in [9.17, 15) is 0 Å². The van der Waals surface area contributed by atoms with Gasteiger partial charge >= 0.3 is 0 Å². The number of benzene rings is 1. The molecular formula is C13H20N2. The lowest BCUT2D eigenvalue weighted by atomic mass is 10.0. The first-order valence-corrected chi connectivity index (χ1v) is 5.61. The summed E-state index contributed by atoms with van der Waals surface area (Å²) >= 11 is 0. The summed E-state index contributed by atoms with van der Waals surface area (Å²) in [5.41, 5.74) is 5.32. The Labute approximate surface area is 92.3 Å². The largest absolute Gasteiger partial charge is 0.379 e. The summed E-state index contributed by atoms with van der Waals surface area (Å²) in [6.45, 7) is 8.83. The van der Waals surface area contributed by atoms with E-state index in [0.717, 1.165) is 0 Å². The monoisotopic (exact) mass is 204 g/mol. The minimum atomic E-state index is 0.504. The summed E-state index contributed by atoms with van der Waals surface area (Å²) in [7, 11) is 2.18. The molecule has 0 amide bonds. The highest BCUT2D eigenvalue weighted by Gasteiger charge is 2.25. The van der Waals surface area contributed by atoms with Gasteiger partial charge in [0.1, 0.15) is 0 Å². The standard InChI is InChI=1S/C13H20N2/c1-8-6-12-13(7-9(8)2)15(5)11(4)10(3)14-12/h6-7,10-11,14H,1-5H3. The van der Waals surface area contributed by atoms with Crippen LogP contribution in [0.4, 0.5) is 11.4 Å². The van der Waals surface area contributed by atoms with Gasteiger partial charge in [0, 0.05) is 19.1 Å². The molecule has 82 valence electrons. The Balaban J connectivity index is 2.51.